The predicted octanol–water partition coefficient (Wildman–Crippen LogP) is 5.28. The Kier molecular flexibility index (Phi) is 4.04. The molecule has 4 saturated carbocycles. The second-order valence-electron chi connectivity index (χ2n) is 8.80. The molecule has 1 heterocycles. The van der Waals surface area contributed by atoms with Crippen LogP contribution in [0.25, 0.3) is 11.3 Å². The molecule has 4 nitrogen and oxygen atoms in total. The van der Waals surface area contributed by atoms with Gasteiger partial charge in [0.2, 0.25) is 5.91 Å². The number of ether oxygens (including phenoxy) is 1. The van der Waals surface area contributed by atoms with E-state index in [-0.39, 0.29) is 11.3 Å². The first-order valence-corrected chi connectivity index (χ1v) is 10.8. The Labute approximate surface area is 164 Å². The predicted molar refractivity (Wildman–Crippen MR) is 108 cm³/mol. The summed E-state index contributed by atoms with van der Waals surface area (Å²) in [5.41, 5.74) is 1.87. The van der Waals surface area contributed by atoms with Crippen molar-refractivity contribution in [2.45, 2.75) is 45.4 Å². The number of benzene rings is 1. The molecule has 4 bridgehead atoms. The molecule has 4 fully saturated rings. The second kappa shape index (κ2) is 6.33. The maximum atomic E-state index is 13.2. The van der Waals surface area contributed by atoms with Crippen LogP contribution in [0.15, 0.2) is 24.3 Å². The van der Waals surface area contributed by atoms with Crippen LogP contribution in [0.5, 0.6) is 5.75 Å². The third-order valence-corrected chi connectivity index (χ3v) is 7.79. The molecule has 5 heteroatoms. The lowest BCUT2D eigenvalue weighted by molar-refractivity contribution is -0.140. The number of aryl methyl sites for hydroxylation is 1. The van der Waals surface area contributed by atoms with E-state index in [0.717, 1.165) is 64.0 Å². The molecule has 0 atom stereocenters. The van der Waals surface area contributed by atoms with Crippen LogP contribution < -0.4 is 10.1 Å². The van der Waals surface area contributed by atoms with E-state index < -0.39 is 0 Å². The summed E-state index contributed by atoms with van der Waals surface area (Å²) in [6.07, 6.45) is 7.31. The number of carbonyl (C=O) groups excluding carboxylic acids is 1. The fourth-order valence-corrected chi connectivity index (χ4v) is 6.92. The number of nitrogens with zero attached hydrogens (tertiary/aromatic N) is 1. The van der Waals surface area contributed by atoms with E-state index in [2.05, 4.69) is 12.2 Å². The van der Waals surface area contributed by atoms with E-state index in [9.17, 15) is 4.79 Å². The summed E-state index contributed by atoms with van der Waals surface area (Å²) in [6, 6.07) is 7.93. The van der Waals surface area contributed by atoms with Gasteiger partial charge < -0.3 is 10.1 Å². The van der Waals surface area contributed by atoms with Crippen molar-refractivity contribution in [3.63, 3.8) is 0 Å². The molecule has 4 aliphatic carbocycles. The number of nitrogens with one attached hydrogen (secondary N) is 1. The van der Waals surface area contributed by atoms with Crippen molar-refractivity contribution in [1.29, 1.82) is 0 Å². The number of methoxy groups -OCH3 is 1. The Balaban J connectivity index is 1.36. The van der Waals surface area contributed by atoms with Gasteiger partial charge in [-0.05, 0) is 87.5 Å². The molecule has 4 aliphatic rings. The van der Waals surface area contributed by atoms with Crippen molar-refractivity contribution in [1.82, 2.24) is 4.98 Å². The summed E-state index contributed by atoms with van der Waals surface area (Å²) in [5.74, 6) is 3.37. The SMILES string of the molecule is COc1ccc(-c2nc(NC(=O)C34CC5CC(CC(C5)C3)C4)sc2C)cc1. The highest BCUT2D eigenvalue weighted by atomic mass is 32.1. The average molecular weight is 383 g/mol. The number of thiazole rings is 1. The first kappa shape index (κ1) is 17.2. The Hall–Kier alpha value is -1.88. The minimum absolute atomic E-state index is 0.130. The van der Waals surface area contributed by atoms with Crippen molar-refractivity contribution < 1.29 is 9.53 Å². The highest BCUT2D eigenvalue weighted by Gasteiger charge is 2.54. The normalized spacial score (nSPS) is 31.1. The van der Waals surface area contributed by atoms with Crippen LogP contribution in [0, 0.1) is 30.1 Å². The fraction of sp³-hybridized carbons (Fsp3) is 0.545. The molecular formula is C22H26N2O2S. The van der Waals surface area contributed by atoms with Gasteiger partial charge >= 0.3 is 0 Å². The first-order valence-electron chi connectivity index (χ1n) is 9.98. The van der Waals surface area contributed by atoms with Crippen LogP contribution in [-0.2, 0) is 4.79 Å². The minimum atomic E-state index is -0.130. The number of aromatic nitrogens is 1. The van der Waals surface area contributed by atoms with E-state index in [0.29, 0.717) is 0 Å². The second-order valence-corrected chi connectivity index (χ2v) is 10.0. The van der Waals surface area contributed by atoms with E-state index in [1.54, 1.807) is 18.4 Å². The van der Waals surface area contributed by atoms with E-state index >= 15 is 0 Å². The number of hydrogen-bond donors (Lipinski definition) is 1. The van der Waals surface area contributed by atoms with Gasteiger partial charge in [-0.15, -0.1) is 11.3 Å². The molecule has 1 aromatic heterocycles. The van der Waals surface area contributed by atoms with Crippen LogP contribution in [0.4, 0.5) is 5.13 Å². The lowest BCUT2D eigenvalue weighted by Gasteiger charge is -2.55. The van der Waals surface area contributed by atoms with Gasteiger partial charge in [0.1, 0.15) is 5.75 Å². The quantitative estimate of drug-likeness (QED) is 0.782. The van der Waals surface area contributed by atoms with Crippen molar-refractivity contribution in [3.8, 4) is 17.0 Å². The number of amides is 1. The van der Waals surface area contributed by atoms with Crippen LogP contribution in [-0.4, -0.2) is 18.0 Å². The largest absolute Gasteiger partial charge is 0.497 e. The first-order chi connectivity index (χ1) is 13.0. The van der Waals surface area contributed by atoms with Gasteiger partial charge in [0.05, 0.1) is 18.2 Å². The van der Waals surface area contributed by atoms with Crippen LogP contribution in [0.3, 0.4) is 0 Å². The van der Waals surface area contributed by atoms with Crippen molar-refractivity contribution in [2.24, 2.45) is 23.2 Å². The Morgan fingerprint density at radius 3 is 2.26 bits per heavy atom. The van der Waals surface area contributed by atoms with Crippen molar-refractivity contribution in [2.75, 3.05) is 12.4 Å². The standard InChI is InChI=1S/C22H26N2O2S/c1-13-19(17-3-5-18(26-2)6-4-17)23-21(27-13)24-20(25)22-10-14-7-15(11-22)9-16(8-14)12-22/h3-6,14-16H,7-12H2,1-2H3,(H,23,24,25). The van der Waals surface area contributed by atoms with Crippen LogP contribution in [0.2, 0.25) is 0 Å². The number of rotatable bonds is 4. The molecule has 0 saturated heterocycles. The number of hydrogen-bond acceptors (Lipinski definition) is 4. The van der Waals surface area contributed by atoms with E-state index in [1.807, 2.05) is 24.3 Å². The molecule has 0 aliphatic heterocycles. The molecule has 27 heavy (non-hydrogen) atoms. The zero-order valence-electron chi connectivity index (χ0n) is 16.0. The van der Waals surface area contributed by atoms with Gasteiger partial charge in [-0.2, -0.15) is 0 Å². The Morgan fingerprint density at radius 1 is 1.11 bits per heavy atom. The third-order valence-electron chi connectivity index (χ3n) is 6.90. The molecule has 1 amide bonds. The molecule has 0 unspecified atom stereocenters. The summed E-state index contributed by atoms with van der Waals surface area (Å²) in [4.78, 5) is 19.1. The van der Waals surface area contributed by atoms with Crippen molar-refractivity contribution in [3.05, 3.63) is 29.1 Å². The average Bonchev–Trinajstić information content (AvgIpc) is 3.01. The van der Waals surface area contributed by atoms with Crippen molar-refractivity contribution >= 4 is 22.4 Å². The summed E-state index contributed by atoms with van der Waals surface area (Å²) in [6.45, 7) is 2.07. The summed E-state index contributed by atoms with van der Waals surface area (Å²) in [5, 5.41) is 3.93. The maximum Gasteiger partial charge on any atom is 0.232 e. The molecule has 2 aromatic rings. The minimum Gasteiger partial charge on any atom is -0.497 e. The zero-order chi connectivity index (χ0) is 18.6. The monoisotopic (exact) mass is 382 g/mol. The molecule has 0 radical (unpaired) electrons. The third kappa shape index (κ3) is 2.96. The Morgan fingerprint density at radius 2 is 1.70 bits per heavy atom. The molecule has 6 rings (SSSR count). The summed E-state index contributed by atoms with van der Waals surface area (Å²) in [7, 11) is 1.67. The van der Waals surface area contributed by atoms with Gasteiger partial charge in [-0.1, -0.05) is 0 Å². The highest BCUT2D eigenvalue weighted by Crippen LogP contribution is 2.60. The van der Waals surface area contributed by atoms with Gasteiger partial charge in [0.15, 0.2) is 5.13 Å². The van der Waals surface area contributed by atoms with Gasteiger partial charge in [-0.3, -0.25) is 4.79 Å². The number of carbonyl (C=O) groups is 1. The zero-order valence-corrected chi connectivity index (χ0v) is 16.8. The summed E-state index contributed by atoms with van der Waals surface area (Å²) < 4.78 is 5.24. The molecule has 142 valence electrons. The summed E-state index contributed by atoms with van der Waals surface area (Å²) >= 11 is 1.58. The lowest BCUT2D eigenvalue weighted by atomic mass is 9.49. The topological polar surface area (TPSA) is 51.2 Å². The fourth-order valence-electron chi connectivity index (χ4n) is 6.09. The van der Waals surface area contributed by atoms with Gasteiger partial charge in [0.25, 0.3) is 0 Å². The highest BCUT2D eigenvalue weighted by molar-refractivity contribution is 7.16. The molecular weight excluding hydrogens is 356 g/mol. The van der Waals surface area contributed by atoms with Gasteiger partial charge in [0, 0.05) is 10.4 Å². The van der Waals surface area contributed by atoms with Crippen LogP contribution in [0.1, 0.15) is 43.4 Å². The molecule has 1 N–H and O–H groups in total. The Bertz CT molecular complexity index is 836. The smallest absolute Gasteiger partial charge is 0.232 e. The molecule has 0 spiro atoms. The van der Waals surface area contributed by atoms with Gasteiger partial charge in [-0.25, -0.2) is 4.98 Å². The maximum absolute atomic E-state index is 13.2. The number of anilines is 1. The van der Waals surface area contributed by atoms with Crippen LogP contribution >= 0.6 is 11.3 Å². The van der Waals surface area contributed by atoms with E-state index in [4.69, 9.17) is 9.72 Å². The van der Waals surface area contributed by atoms with E-state index in [1.165, 1.54) is 19.3 Å². The molecule has 1 aromatic carbocycles. The lowest BCUT2D eigenvalue weighted by Crippen LogP contribution is -2.51.